The maximum absolute atomic E-state index is 11.8. The van der Waals surface area contributed by atoms with E-state index in [9.17, 15) is 19.7 Å². The molecule has 7 nitrogen and oxygen atoms in total. The minimum absolute atomic E-state index is 0.0619. The summed E-state index contributed by atoms with van der Waals surface area (Å²) < 4.78 is 5.28. The number of aryl methyl sites for hydroxylation is 1. The van der Waals surface area contributed by atoms with Crippen molar-refractivity contribution >= 4 is 23.6 Å². The van der Waals surface area contributed by atoms with Gasteiger partial charge in [-0.05, 0) is 37.3 Å². The predicted octanol–water partition coefficient (Wildman–Crippen LogP) is 2.73. The van der Waals surface area contributed by atoms with Crippen molar-refractivity contribution in [2.24, 2.45) is 0 Å². The number of nitro benzene ring substituents is 1. The molecule has 0 heterocycles. The number of carbonyl (C=O) groups is 2. The summed E-state index contributed by atoms with van der Waals surface area (Å²) in [6.45, 7) is 1.37. The second-order valence-electron chi connectivity index (χ2n) is 4.78. The van der Waals surface area contributed by atoms with Crippen LogP contribution in [0.3, 0.4) is 0 Å². The molecule has 2 aromatic carbocycles. The summed E-state index contributed by atoms with van der Waals surface area (Å²) in [5, 5.41) is 13.4. The summed E-state index contributed by atoms with van der Waals surface area (Å²) >= 11 is 0. The Morgan fingerprint density at radius 2 is 1.96 bits per heavy atom. The molecule has 0 aliphatic carbocycles. The average molecular weight is 314 g/mol. The zero-order valence-electron chi connectivity index (χ0n) is 12.3. The molecule has 0 saturated carbocycles. The van der Waals surface area contributed by atoms with Crippen molar-refractivity contribution in [3.05, 3.63) is 63.7 Å². The SMILES string of the molecule is Cc1ccc(NC(=O)COc2ccc(C=O)cc2)cc1[N+](=O)[O-]. The van der Waals surface area contributed by atoms with E-state index in [4.69, 9.17) is 4.74 Å². The molecule has 2 aromatic rings. The minimum atomic E-state index is -0.504. The normalized spacial score (nSPS) is 9.96. The number of hydrogen-bond acceptors (Lipinski definition) is 5. The van der Waals surface area contributed by atoms with Gasteiger partial charge in [0.25, 0.3) is 11.6 Å². The quantitative estimate of drug-likeness (QED) is 0.502. The van der Waals surface area contributed by atoms with Gasteiger partial charge in [-0.1, -0.05) is 6.07 Å². The minimum Gasteiger partial charge on any atom is -0.484 e. The molecule has 1 N–H and O–H groups in total. The van der Waals surface area contributed by atoms with Crippen LogP contribution in [-0.4, -0.2) is 23.7 Å². The fraction of sp³-hybridized carbons (Fsp3) is 0.125. The molecule has 23 heavy (non-hydrogen) atoms. The third kappa shape index (κ3) is 4.37. The Bertz CT molecular complexity index is 741. The van der Waals surface area contributed by atoms with Crippen molar-refractivity contribution in [1.82, 2.24) is 0 Å². The fourth-order valence-corrected chi connectivity index (χ4v) is 1.87. The lowest BCUT2D eigenvalue weighted by Gasteiger charge is -2.08. The number of benzene rings is 2. The van der Waals surface area contributed by atoms with Crippen LogP contribution >= 0.6 is 0 Å². The summed E-state index contributed by atoms with van der Waals surface area (Å²) in [5.41, 5.74) is 1.29. The molecule has 0 bridgehead atoms. The molecule has 118 valence electrons. The van der Waals surface area contributed by atoms with E-state index in [0.717, 1.165) is 0 Å². The Morgan fingerprint density at radius 1 is 1.26 bits per heavy atom. The summed E-state index contributed by atoms with van der Waals surface area (Å²) in [6.07, 6.45) is 0.709. The molecule has 0 spiro atoms. The number of rotatable bonds is 6. The maximum atomic E-state index is 11.8. The monoisotopic (exact) mass is 314 g/mol. The van der Waals surface area contributed by atoms with E-state index in [1.54, 1.807) is 43.3 Å². The Morgan fingerprint density at radius 3 is 2.57 bits per heavy atom. The van der Waals surface area contributed by atoms with E-state index < -0.39 is 10.8 Å². The smallest absolute Gasteiger partial charge is 0.274 e. The number of anilines is 1. The highest BCUT2D eigenvalue weighted by Gasteiger charge is 2.12. The largest absolute Gasteiger partial charge is 0.484 e. The summed E-state index contributed by atoms with van der Waals surface area (Å²) in [4.78, 5) is 32.7. The van der Waals surface area contributed by atoms with Crippen LogP contribution in [0.4, 0.5) is 11.4 Å². The summed E-state index contributed by atoms with van der Waals surface area (Å²) in [6, 6.07) is 10.7. The van der Waals surface area contributed by atoms with Crippen LogP contribution in [-0.2, 0) is 4.79 Å². The van der Waals surface area contributed by atoms with Crippen molar-refractivity contribution in [3.63, 3.8) is 0 Å². The van der Waals surface area contributed by atoms with Crippen LogP contribution in [0.1, 0.15) is 15.9 Å². The van der Waals surface area contributed by atoms with Gasteiger partial charge < -0.3 is 10.1 Å². The van der Waals surface area contributed by atoms with Gasteiger partial charge in [-0.2, -0.15) is 0 Å². The molecule has 1 amide bonds. The molecule has 0 saturated heterocycles. The van der Waals surface area contributed by atoms with Crippen molar-refractivity contribution in [1.29, 1.82) is 0 Å². The van der Waals surface area contributed by atoms with Gasteiger partial charge >= 0.3 is 0 Å². The lowest BCUT2D eigenvalue weighted by molar-refractivity contribution is -0.385. The molecule has 0 fully saturated rings. The molecule has 0 radical (unpaired) electrons. The zero-order chi connectivity index (χ0) is 16.8. The lowest BCUT2D eigenvalue weighted by atomic mass is 10.2. The Hall–Kier alpha value is -3.22. The average Bonchev–Trinajstić information content (AvgIpc) is 2.55. The third-order valence-corrected chi connectivity index (χ3v) is 3.08. The highest BCUT2D eigenvalue weighted by Crippen LogP contribution is 2.22. The van der Waals surface area contributed by atoms with Crippen LogP contribution < -0.4 is 10.1 Å². The van der Waals surface area contributed by atoms with E-state index in [2.05, 4.69) is 5.32 Å². The van der Waals surface area contributed by atoms with Crippen LogP contribution in [0.5, 0.6) is 5.75 Å². The first kappa shape index (κ1) is 16.2. The van der Waals surface area contributed by atoms with Gasteiger partial charge in [0.1, 0.15) is 12.0 Å². The number of nitro groups is 1. The number of ether oxygens (including phenoxy) is 1. The maximum Gasteiger partial charge on any atom is 0.274 e. The molecule has 7 heteroatoms. The number of hydrogen-bond donors (Lipinski definition) is 1. The number of carbonyl (C=O) groups excluding carboxylic acids is 2. The molecule has 0 aromatic heterocycles. The fourth-order valence-electron chi connectivity index (χ4n) is 1.87. The Balaban J connectivity index is 1.95. The van der Waals surface area contributed by atoms with E-state index in [-0.39, 0.29) is 12.3 Å². The number of amides is 1. The molecule has 0 atom stereocenters. The standard InChI is InChI=1S/C16H14N2O5/c1-11-2-5-13(8-15(11)18(21)22)17-16(20)10-23-14-6-3-12(9-19)4-7-14/h2-9H,10H2,1H3,(H,17,20). The van der Waals surface area contributed by atoms with Crippen molar-refractivity contribution in [2.45, 2.75) is 6.92 Å². The second-order valence-corrected chi connectivity index (χ2v) is 4.78. The molecule has 0 aliphatic heterocycles. The highest BCUT2D eigenvalue weighted by molar-refractivity contribution is 5.92. The number of aldehydes is 1. The summed E-state index contributed by atoms with van der Waals surface area (Å²) in [7, 11) is 0. The van der Waals surface area contributed by atoms with Gasteiger partial charge in [0.05, 0.1) is 4.92 Å². The van der Waals surface area contributed by atoms with Crippen LogP contribution in [0.2, 0.25) is 0 Å². The zero-order valence-corrected chi connectivity index (χ0v) is 12.3. The topological polar surface area (TPSA) is 98.5 Å². The second kappa shape index (κ2) is 7.17. The van der Waals surface area contributed by atoms with Gasteiger partial charge in [-0.15, -0.1) is 0 Å². The van der Waals surface area contributed by atoms with E-state index in [1.165, 1.54) is 6.07 Å². The van der Waals surface area contributed by atoms with E-state index >= 15 is 0 Å². The van der Waals surface area contributed by atoms with Gasteiger partial charge in [-0.25, -0.2) is 0 Å². The van der Waals surface area contributed by atoms with E-state index in [1.807, 2.05) is 0 Å². The van der Waals surface area contributed by atoms with Crippen LogP contribution in [0, 0.1) is 17.0 Å². The molecule has 0 unspecified atom stereocenters. The molecular weight excluding hydrogens is 300 g/mol. The molecule has 0 aliphatic rings. The number of nitrogens with one attached hydrogen (secondary N) is 1. The van der Waals surface area contributed by atoms with Crippen molar-refractivity contribution in [2.75, 3.05) is 11.9 Å². The third-order valence-electron chi connectivity index (χ3n) is 3.08. The Labute approximate surface area is 132 Å². The van der Waals surface area contributed by atoms with Gasteiger partial charge in [0.15, 0.2) is 6.61 Å². The van der Waals surface area contributed by atoms with Gasteiger partial charge in [0.2, 0.25) is 0 Å². The van der Waals surface area contributed by atoms with Crippen molar-refractivity contribution in [3.8, 4) is 5.75 Å². The van der Waals surface area contributed by atoms with Gasteiger partial charge in [0, 0.05) is 22.9 Å². The highest BCUT2D eigenvalue weighted by atomic mass is 16.6. The summed E-state index contributed by atoms with van der Waals surface area (Å²) in [5.74, 6) is 0.00301. The predicted molar refractivity (Wildman–Crippen MR) is 83.8 cm³/mol. The number of nitrogens with zero attached hydrogens (tertiary/aromatic N) is 1. The van der Waals surface area contributed by atoms with Gasteiger partial charge in [-0.3, -0.25) is 19.7 Å². The first-order chi connectivity index (χ1) is 11.0. The van der Waals surface area contributed by atoms with Crippen LogP contribution in [0.25, 0.3) is 0 Å². The first-order valence-electron chi connectivity index (χ1n) is 6.72. The Kier molecular flexibility index (Phi) is 5.03. The lowest BCUT2D eigenvalue weighted by Crippen LogP contribution is -2.20. The van der Waals surface area contributed by atoms with E-state index in [0.29, 0.717) is 28.8 Å². The first-order valence-corrected chi connectivity index (χ1v) is 6.72. The molecular formula is C16H14N2O5. The van der Waals surface area contributed by atoms with Crippen molar-refractivity contribution < 1.29 is 19.2 Å². The molecule has 2 rings (SSSR count). The van der Waals surface area contributed by atoms with Crippen LogP contribution in [0.15, 0.2) is 42.5 Å².